The summed E-state index contributed by atoms with van der Waals surface area (Å²) in [6.07, 6.45) is 2.61. The molecule has 1 aromatic rings. The van der Waals surface area contributed by atoms with Crippen molar-refractivity contribution in [1.82, 2.24) is 10.6 Å². The zero-order valence-corrected chi connectivity index (χ0v) is 11.4. The minimum absolute atomic E-state index is 0.0439. The average molecular weight is 262 g/mol. The normalized spacial score (nSPS) is 14.2. The maximum Gasteiger partial charge on any atom is 0.234 e. The van der Waals surface area contributed by atoms with Gasteiger partial charge in [0.25, 0.3) is 0 Å². The zero-order chi connectivity index (χ0) is 13.5. The first-order chi connectivity index (χ1) is 9.28. The fourth-order valence-corrected chi connectivity index (χ4v) is 1.89. The van der Waals surface area contributed by atoms with E-state index in [1.54, 1.807) is 0 Å². The van der Waals surface area contributed by atoms with Crippen molar-refractivity contribution in [3.05, 3.63) is 29.8 Å². The highest BCUT2D eigenvalue weighted by Gasteiger charge is 2.20. The summed E-state index contributed by atoms with van der Waals surface area (Å²) in [4.78, 5) is 11.6. The van der Waals surface area contributed by atoms with Gasteiger partial charge in [-0.2, -0.15) is 0 Å². The average Bonchev–Trinajstić information content (AvgIpc) is 3.21. The molecule has 2 N–H and O–H groups in total. The van der Waals surface area contributed by atoms with Crippen molar-refractivity contribution in [2.45, 2.75) is 26.3 Å². The van der Waals surface area contributed by atoms with Crippen molar-refractivity contribution in [2.75, 3.05) is 19.7 Å². The van der Waals surface area contributed by atoms with E-state index in [0.29, 0.717) is 19.7 Å². The molecule has 1 aliphatic rings. The van der Waals surface area contributed by atoms with Crippen LogP contribution in [-0.2, 0) is 11.3 Å². The third kappa shape index (κ3) is 5.30. The van der Waals surface area contributed by atoms with E-state index in [1.807, 2.05) is 31.2 Å². The van der Waals surface area contributed by atoms with E-state index in [9.17, 15) is 4.79 Å². The van der Waals surface area contributed by atoms with E-state index in [2.05, 4.69) is 10.6 Å². The van der Waals surface area contributed by atoms with E-state index < -0.39 is 0 Å². The van der Waals surface area contributed by atoms with Gasteiger partial charge in [0.15, 0.2) is 0 Å². The Hall–Kier alpha value is -1.55. The monoisotopic (exact) mass is 262 g/mol. The van der Waals surface area contributed by atoms with Gasteiger partial charge in [0, 0.05) is 6.54 Å². The highest BCUT2D eigenvalue weighted by atomic mass is 16.5. The Labute approximate surface area is 114 Å². The molecular weight excluding hydrogens is 240 g/mol. The summed E-state index contributed by atoms with van der Waals surface area (Å²) in [7, 11) is 0. The van der Waals surface area contributed by atoms with Gasteiger partial charge in [-0.25, -0.2) is 0 Å². The van der Waals surface area contributed by atoms with E-state index in [1.165, 1.54) is 12.8 Å². The Morgan fingerprint density at radius 2 is 2.26 bits per heavy atom. The Morgan fingerprint density at radius 1 is 1.42 bits per heavy atom. The van der Waals surface area contributed by atoms with Crippen molar-refractivity contribution >= 4 is 5.91 Å². The fraction of sp³-hybridized carbons (Fsp3) is 0.533. The van der Waals surface area contributed by atoms with Crippen molar-refractivity contribution in [3.63, 3.8) is 0 Å². The van der Waals surface area contributed by atoms with Crippen molar-refractivity contribution < 1.29 is 9.53 Å². The van der Waals surface area contributed by atoms with Gasteiger partial charge < -0.3 is 15.4 Å². The standard InChI is InChI=1S/C15H22N2O2/c1-2-19-14-5-3-4-13(8-14)10-17-15(18)11-16-9-12-6-7-12/h3-5,8,12,16H,2,6-7,9-11H2,1H3,(H,17,18). The SMILES string of the molecule is CCOc1cccc(CNC(=O)CNCC2CC2)c1. The fourth-order valence-electron chi connectivity index (χ4n) is 1.89. The van der Waals surface area contributed by atoms with Crippen LogP contribution in [0, 0.1) is 5.92 Å². The summed E-state index contributed by atoms with van der Waals surface area (Å²) in [5.41, 5.74) is 1.06. The lowest BCUT2D eigenvalue weighted by Crippen LogP contribution is -2.34. The van der Waals surface area contributed by atoms with E-state index in [4.69, 9.17) is 4.74 Å². The number of hydrogen-bond donors (Lipinski definition) is 2. The minimum atomic E-state index is 0.0439. The van der Waals surface area contributed by atoms with Gasteiger partial charge in [-0.15, -0.1) is 0 Å². The number of rotatable bonds is 8. The molecule has 0 aliphatic heterocycles. The molecule has 0 spiro atoms. The van der Waals surface area contributed by atoms with Crippen LogP contribution in [0.3, 0.4) is 0 Å². The summed E-state index contributed by atoms with van der Waals surface area (Å²) in [6.45, 7) is 4.53. The number of ether oxygens (including phenoxy) is 1. The van der Waals surface area contributed by atoms with Crippen molar-refractivity contribution in [1.29, 1.82) is 0 Å². The Kier molecular flexibility index (Phi) is 5.21. The maximum absolute atomic E-state index is 11.6. The summed E-state index contributed by atoms with van der Waals surface area (Å²) >= 11 is 0. The molecule has 1 saturated carbocycles. The van der Waals surface area contributed by atoms with Gasteiger partial charge in [-0.1, -0.05) is 12.1 Å². The topological polar surface area (TPSA) is 50.4 Å². The van der Waals surface area contributed by atoms with Gasteiger partial charge in [0.1, 0.15) is 5.75 Å². The second-order valence-electron chi connectivity index (χ2n) is 4.93. The molecule has 1 aliphatic carbocycles. The van der Waals surface area contributed by atoms with Crippen LogP contribution < -0.4 is 15.4 Å². The highest BCUT2D eigenvalue weighted by molar-refractivity contribution is 5.77. The predicted molar refractivity (Wildman–Crippen MR) is 75.1 cm³/mol. The highest BCUT2D eigenvalue weighted by Crippen LogP contribution is 2.27. The van der Waals surface area contributed by atoms with Crippen LogP contribution >= 0.6 is 0 Å². The zero-order valence-electron chi connectivity index (χ0n) is 11.4. The molecule has 1 amide bonds. The Bertz CT molecular complexity index is 416. The summed E-state index contributed by atoms with van der Waals surface area (Å²) in [6, 6.07) is 7.81. The van der Waals surface area contributed by atoms with Crippen molar-refractivity contribution in [2.24, 2.45) is 5.92 Å². The van der Waals surface area contributed by atoms with Crippen LogP contribution in [0.2, 0.25) is 0 Å². The molecule has 1 fully saturated rings. The largest absolute Gasteiger partial charge is 0.494 e. The first kappa shape index (κ1) is 13.9. The third-order valence-electron chi connectivity index (χ3n) is 3.11. The summed E-state index contributed by atoms with van der Waals surface area (Å²) in [5.74, 6) is 1.69. The van der Waals surface area contributed by atoms with Crippen LogP contribution in [0.15, 0.2) is 24.3 Å². The van der Waals surface area contributed by atoms with Crippen LogP contribution in [0.4, 0.5) is 0 Å². The molecule has 0 unspecified atom stereocenters. The molecule has 0 bridgehead atoms. The van der Waals surface area contributed by atoms with Gasteiger partial charge >= 0.3 is 0 Å². The lowest BCUT2D eigenvalue weighted by molar-refractivity contribution is -0.120. The van der Waals surface area contributed by atoms with Crippen molar-refractivity contribution in [3.8, 4) is 5.75 Å². The molecule has 0 aromatic heterocycles. The second kappa shape index (κ2) is 7.14. The second-order valence-corrected chi connectivity index (χ2v) is 4.93. The Morgan fingerprint density at radius 3 is 3.00 bits per heavy atom. The van der Waals surface area contributed by atoms with E-state index in [0.717, 1.165) is 23.8 Å². The number of carbonyl (C=O) groups is 1. The summed E-state index contributed by atoms with van der Waals surface area (Å²) < 4.78 is 5.43. The van der Waals surface area contributed by atoms with Crippen LogP contribution in [-0.4, -0.2) is 25.6 Å². The van der Waals surface area contributed by atoms with Gasteiger partial charge in [0.2, 0.25) is 5.91 Å². The first-order valence-electron chi connectivity index (χ1n) is 6.97. The molecule has 0 atom stereocenters. The van der Waals surface area contributed by atoms with E-state index in [-0.39, 0.29) is 5.91 Å². The van der Waals surface area contributed by atoms with Gasteiger partial charge in [-0.05, 0) is 49.9 Å². The molecule has 0 heterocycles. The molecule has 104 valence electrons. The Balaban J connectivity index is 1.68. The molecule has 4 heteroatoms. The third-order valence-corrected chi connectivity index (χ3v) is 3.11. The number of amides is 1. The molecule has 0 radical (unpaired) electrons. The number of carbonyl (C=O) groups excluding carboxylic acids is 1. The lowest BCUT2D eigenvalue weighted by atomic mass is 10.2. The van der Waals surface area contributed by atoms with Crippen LogP contribution in [0.1, 0.15) is 25.3 Å². The molecular formula is C15H22N2O2. The van der Waals surface area contributed by atoms with Crippen LogP contribution in [0.25, 0.3) is 0 Å². The number of nitrogens with one attached hydrogen (secondary N) is 2. The molecule has 4 nitrogen and oxygen atoms in total. The molecule has 0 saturated heterocycles. The van der Waals surface area contributed by atoms with E-state index >= 15 is 0 Å². The molecule has 1 aromatic carbocycles. The maximum atomic E-state index is 11.6. The van der Waals surface area contributed by atoms with Crippen LogP contribution in [0.5, 0.6) is 5.75 Å². The molecule has 2 rings (SSSR count). The first-order valence-corrected chi connectivity index (χ1v) is 6.97. The molecule has 19 heavy (non-hydrogen) atoms. The number of hydrogen-bond acceptors (Lipinski definition) is 3. The van der Waals surface area contributed by atoms with Gasteiger partial charge in [-0.3, -0.25) is 4.79 Å². The minimum Gasteiger partial charge on any atom is -0.494 e. The summed E-state index contributed by atoms with van der Waals surface area (Å²) in [5, 5.41) is 6.08. The quantitative estimate of drug-likeness (QED) is 0.750. The predicted octanol–water partition coefficient (Wildman–Crippen LogP) is 1.70. The smallest absolute Gasteiger partial charge is 0.234 e. The lowest BCUT2D eigenvalue weighted by Gasteiger charge is -2.08. The van der Waals surface area contributed by atoms with Gasteiger partial charge in [0.05, 0.1) is 13.2 Å². The number of benzene rings is 1.